The molecule has 1 heterocycles. The predicted molar refractivity (Wildman–Crippen MR) is 195 cm³/mol. The van der Waals surface area contributed by atoms with Crippen LogP contribution in [0.5, 0.6) is 0 Å². The second-order valence-corrected chi connectivity index (χ2v) is 12.4. The summed E-state index contributed by atoms with van der Waals surface area (Å²) in [5, 5.41) is 2.40. The van der Waals surface area contributed by atoms with Gasteiger partial charge in [-0.3, -0.25) is 9.98 Å². The Labute approximate surface area is 277 Å². The SMILES string of the molecule is c1ccc(C(c2ccccc2)c2cc(C(c3ccccc3)c3ccccc3)c3ccccc3c2N=C2CCCc3cccnc32)cc1. The molecule has 0 N–H and O–H groups in total. The summed E-state index contributed by atoms with van der Waals surface area (Å²) in [7, 11) is 0. The molecular weight excluding hydrogens is 569 g/mol. The van der Waals surface area contributed by atoms with Gasteiger partial charge in [0.1, 0.15) is 0 Å². The summed E-state index contributed by atoms with van der Waals surface area (Å²) in [6.07, 6.45) is 4.94. The molecule has 0 atom stereocenters. The fourth-order valence-electron chi connectivity index (χ4n) is 7.39. The first-order chi connectivity index (χ1) is 23.3. The summed E-state index contributed by atoms with van der Waals surface area (Å²) < 4.78 is 0. The fourth-order valence-corrected chi connectivity index (χ4v) is 7.39. The summed E-state index contributed by atoms with van der Waals surface area (Å²) in [5.74, 6) is 0.0334. The number of aliphatic imine (C=N–C) groups is 1. The molecule has 0 saturated carbocycles. The van der Waals surface area contributed by atoms with E-state index >= 15 is 0 Å². The van der Waals surface area contributed by atoms with E-state index in [2.05, 4.69) is 158 Å². The largest absolute Gasteiger partial charge is 0.255 e. The van der Waals surface area contributed by atoms with Gasteiger partial charge in [0.25, 0.3) is 0 Å². The topological polar surface area (TPSA) is 25.2 Å². The number of fused-ring (bicyclic) bond motifs is 2. The predicted octanol–water partition coefficient (Wildman–Crippen LogP) is 11.1. The van der Waals surface area contributed by atoms with E-state index in [4.69, 9.17) is 9.98 Å². The highest BCUT2D eigenvalue weighted by Crippen LogP contribution is 2.46. The lowest BCUT2D eigenvalue weighted by atomic mass is 9.77. The van der Waals surface area contributed by atoms with E-state index in [1.54, 1.807) is 0 Å². The number of pyridine rings is 1. The van der Waals surface area contributed by atoms with Crippen molar-refractivity contribution >= 4 is 22.2 Å². The Bertz CT molecular complexity index is 2070. The molecule has 1 aliphatic rings. The van der Waals surface area contributed by atoms with Gasteiger partial charge in [0, 0.05) is 23.4 Å². The third kappa shape index (κ3) is 5.68. The van der Waals surface area contributed by atoms with Crippen LogP contribution in [-0.4, -0.2) is 10.7 Å². The lowest BCUT2D eigenvalue weighted by molar-refractivity contribution is 0.826. The van der Waals surface area contributed by atoms with Gasteiger partial charge in [0.15, 0.2) is 0 Å². The molecular formula is C45H36N2. The summed E-state index contributed by atoms with van der Waals surface area (Å²) in [6.45, 7) is 0. The number of nitrogens with zero attached hydrogens (tertiary/aromatic N) is 2. The van der Waals surface area contributed by atoms with Gasteiger partial charge < -0.3 is 0 Å². The van der Waals surface area contributed by atoms with Crippen LogP contribution in [0.15, 0.2) is 175 Å². The van der Waals surface area contributed by atoms with Gasteiger partial charge in [-0.15, -0.1) is 0 Å². The van der Waals surface area contributed by atoms with Crippen molar-refractivity contribution in [3.63, 3.8) is 0 Å². The number of aryl methyl sites for hydroxylation is 1. The first-order valence-electron chi connectivity index (χ1n) is 16.6. The lowest BCUT2D eigenvalue weighted by Crippen LogP contribution is -2.14. The third-order valence-electron chi connectivity index (χ3n) is 9.50. The van der Waals surface area contributed by atoms with Crippen LogP contribution in [0.1, 0.15) is 69.3 Å². The average molecular weight is 605 g/mol. The second-order valence-electron chi connectivity index (χ2n) is 12.4. The van der Waals surface area contributed by atoms with E-state index in [0.29, 0.717) is 0 Å². The molecule has 0 bridgehead atoms. The van der Waals surface area contributed by atoms with E-state index in [-0.39, 0.29) is 11.8 Å². The Kier molecular flexibility index (Phi) is 7.99. The summed E-state index contributed by atoms with van der Waals surface area (Å²) in [5.41, 5.74) is 12.0. The molecule has 47 heavy (non-hydrogen) atoms. The van der Waals surface area contributed by atoms with Crippen LogP contribution >= 0.6 is 0 Å². The van der Waals surface area contributed by atoms with Gasteiger partial charge in [0.05, 0.1) is 17.1 Å². The van der Waals surface area contributed by atoms with E-state index in [9.17, 15) is 0 Å². The standard InChI is InChI=1S/C45H36N2/c1-5-17-32(18-6-1)42(33-19-7-2-8-20-33)39-31-40(43(34-21-9-3-10-22-34)35-23-11-4-12-24-35)45(38-28-14-13-27-37(38)39)47-41-29-15-25-36-26-16-30-46-44(36)41/h1-14,16-24,26-28,30-31,42-43H,15,25,29H2. The van der Waals surface area contributed by atoms with E-state index < -0.39 is 0 Å². The van der Waals surface area contributed by atoms with Crippen LogP contribution in [0.3, 0.4) is 0 Å². The maximum absolute atomic E-state index is 5.66. The van der Waals surface area contributed by atoms with Crippen molar-refractivity contribution in [2.45, 2.75) is 31.1 Å². The van der Waals surface area contributed by atoms with Crippen LogP contribution in [0.4, 0.5) is 5.69 Å². The molecule has 2 heteroatoms. The molecule has 0 amide bonds. The summed E-state index contributed by atoms with van der Waals surface area (Å²) in [6, 6.07) is 59.3. The third-order valence-corrected chi connectivity index (χ3v) is 9.50. The zero-order valence-corrected chi connectivity index (χ0v) is 26.3. The molecule has 0 saturated heterocycles. The smallest absolute Gasteiger partial charge is 0.0876 e. The van der Waals surface area contributed by atoms with Gasteiger partial charge in [-0.05, 0) is 69.7 Å². The van der Waals surface area contributed by atoms with Gasteiger partial charge in [-0.1, -0.05) is 158 Å². The minimum Gasteiger partial charge on any atom is -0.255 e. The quantitative estimate of drug-likeness (QED) is 0.166. The highest BCUT2D eigenvalue weighted by atomic mass is 14.8. The maximum Gasteiger partial charge on any atom is 0.0876 e. The molecule has 0 spiro atoms. The fraction of sp³-hybridized carbons (Fsp3) is 0.111. The highest BCUT2D eigenvalue weighted by molar-refractivity contribution is 6.06. The Morgan fingerprint density at radius 3 is 1.51 bits per heavy atom. The maximum atomic E-state index is 5.66. The molecule has 226 valence electrons. The van der Waals surface area contributed by atoms with Crippen molar-refractivity contribution in [1.82, 2.24) is 4.98 Å². The first-order valence-corrected chi connectivity index (χ1v) is 16.6. The molecule has 0 aliphatic heterocycles. The number of hydrogen-bond donors (Lipinski definition) is 0. The molecule has 1 aromatic heterocycles. The zero-order valence-electron chi connectivity index (χ0n) is 26.3. The van der Waals surface area contributed by atoms with Gasteiger partial charge in [0.2, 0.25) is 0 Å². The van der Waals surface area contributed by atoms with Crippen LogP contribution in [0, 0.1) is 0 Å². The summed E-state index contributed by atoms with van der Waals surface area (Å²) >= 11 is 0. The van der Waals surface area contributed by atoms with Gasteiger partial charge >= 0.3 is 0 Å². The molecule has 0 unspecified atom stereocenters. The van der Waals surface area contributed by atoms with Gasteiger partial charge in [-0.25, -0.2) is 0 Å². The van der Waals surface area contributed by atoms with Crippen molar-refractivity contribution in [3.05, 3.63) is 215 Å². The minimum atomic E-state index is -0.0147. The van der Waals surface area contributed by atoms with Crippen molar-refractivity contribution in [1.29, 1.82) is 0 Å². The molecule has 7 aromatic rings. The monoisotopic (exact) mass is 604 g/mol. The number of aromatic nitrogens is 1. The van der Waals surface area contributed by atoms with Crippen LogP contribution < -0.4 is 0 Å². The average Bonchev–Trinajstić information content (AvgIpc) is 3.15. The first kappa shape index (κ1) is 28.8. The Morgan fingerprint density at radius 2 is 0.957 bits per heavy atom. The van der Waals surface area contributed by atoms with Crippen LogP contribution in [0.25, 0.3) is 10.8 Å². The molecule has 6 aromatic carbocycles. The van der Waals surface area contributed by atoms with Crippen molar-refractivity contribution in [2.24, 2.45) is 4.99 Å². The van der Waals surface area contributed by atoms with Crippen molar-refractivity contribution < 1.29 is 0 Å². The Balaban J connectivity index is 1.48. The van der Waals surface area contributed by atoms with Crippen molar-refractivity contribution in [3.8, 4) is 0 Å². The van der Waals surface area contributed by atoms with Crippen LogP contribution in [0.2, 0.25) is 0 Å². The highest BCUT2D eigenvalue weighted by Gasteiger charge is 2.28. The Morgan fingerprint density at radius 1 is 0.468 bits per heavy atom. The van der Waals surface area contributed by atoms with Crippen molar-refractivity contribution in [2.75, 3.05) is 0 Å². The van der Waals surface area contributed by atoms with Crippen LogP contribution in [-0.2, 0) is 6.42 Å². The normalized spacial score (nSPS) is 13.7. The lowest BCUT2D eigenvalue weighted by Gasteiger charge is -2.27. The van der Waals surface area contributed by atoms with E-state index in [1.807, 2.05) is 12.3 Å². The van der Waals surface area contributed by atoms with Gasteiger partial charge in [-0.2, -0.15) is 0 Å². The summed E-state index contributed by atoms with van der Waals surface area (Å²) in [4.78, 5) is 10.5. The zero-order chi connectivity index (χ0) is 31.4. The number of rotatable bonds is 7. The molecule has 1 aliphatic carbocycles. The number of hydrogen-bond acceptors (Lipinski definition) is 2. The molecule has 0 radical (unpaired) electrons. The molecule has 2 nitrogen and oxygen atoms in total. The Hall–Kier alpha value is -5.60. The minimum absolute atomic E-state index is 0.0147. The molecule has 8 rings (SSSR count). The number of benzene rings is 6. The second kappa shape index (κ2) is 13.0. The molecule has 0 fully saturated rings. The van der Waals surface area contributed by atoms with E-state index in [1.165, 1.54) is 49.7 Å². The van der Waals surface area contributed by atoms with E-state index in [0.717, 1.165) is 36.4 Å².